The molecule has 1 aromatic carbocycles. The van der Waals surface area contributed by atoms with Gasteiger partial charge in [-0.2, -0.15) is 0 Å². The van der Waals surface area contributed by atoms with Crippen molar-refractivity contribution in [2.24, 2.45) is 0 Å². The molecule has 1 aromatic rings. The Morgan fingerprint density at radius 2 is 1.94 bits per heavy atom. The summed E-state index contributed by atoms with van der Waals surface area (Å²) in [5, 5.41) is 0. The van der Waals surface area contributed by atoms with Gasteiger partial charge in [-0.15, -0.1) is 4.72 Å². The van der Waals surface area contributed by atoms with Crippen molar-refractivity contribution in [2.75, 3.05) is 0 Å². The summed E-state index contributed by atoms with van der Waals surface area (Å²) in [6.07, 6.45) is 0. The van der Waals surface area contributed by atoms with Gasteiger partial charge in [0.05, 0.1) is 6.04 Å². The molecule has 1 N–H and O–H groups in total. The lowest BCUT2D eigenvalue weighted by molar-refractivity contribution is 0.531. The third kappa shape index (κ3) is 4.28. The summed E-state index contributed by atoms with van der Waals surface area (Å²) in [7, 11) is 0. The third-order valence-electron chi connectivity index (χ3n) is 2.54. The van der Waals surface area contributed by atoms with E-state index in [-0.39, 0.29) is 10.8 Å². The molecule has 17 heavy (non-hydrogen) atoms. The van der Waals surface area contributed by atoms with E-state index in [1.165, 1.54) is 11.1 Å². The number of aryl methyl sites for hydroxylation is 1. The van der Waals surface area contributed by atoms with Gasteiger partial charge in [-0.25, -0.2) is 0 Å². The Labute approximate surface area is 116 Å². The van der Waals surface area contributed by atoms with Crippen molar-refractivity contribution >= 4 is 27.3 Å². The summed E-state index contributed by atoms with van der Waals surface area (Å²) >= 11 is 2.40. The second-order valence-electron chi connectivity index (χ2n) is 5.22. The summed E-state index contributed by atoms with van der Waals surface area (Å²) in [6.45, 7) is 10.0. The molecule has 96 valence electrons. The zero-order valence-electron chi connectivity index (χ0n) is 11.0. The summed E-state index contributed by atoms with van der Waals surface area (Å²) < 4.78 is 16.0. The first-order valence-corrected chi connectivity index (χ1v) is 7.60. The lowest BCUT2D eigenvalue weighted by Crippen LogP contribution is -2.40. The first-order valence-electron chi connectivity index (χ1n) is 5.66. The van der Waals surface area contributed by atoms with Crippen LogP contribution in [-0.2, 0) is 11.4 Å². The van der Waals surface area contributed by atoms with Crippen LogP contribution in [0.1, 0.15) is 44.9 Å². The molecule has 0 spiro atoms. The minimum Gasteiger partial charge on any atom is -0.598 e. The highest BCUT2D eigenvalue weighted by atomic mass is 79.9. The van der Waals surface area contributed by atoms with Crippen LogP contribution in [0.25, 0.3) is 0 Å². The molecular weight excluding hydrogens is 298 g/mol. The Balaban J connectivity index is 2.80. The van der Waals surface area contributed by atoms with Gasteiger partial charge in [-0.05, 0) is 57.9 Å². The zero-order chi connectivity index (χ0) is 13.2. The van der Waals surface area contributed by atoms with E-state index in [2.05, 4.69) is 39.7 Å². The number of halogens is 1. The topological polar surface area (TPSA) is 35.1 Å². The molecule has 0 heterocycles. The Hall–Kier alpha value is -0.0300. The molecule has 0 saturated heterocycles. The van der Waals surface area contributed by atoms with Crippen LogP contribution in [0.4, 0.5) is 0 Å². The van der Waals surface area contributed by atoms with Crippen LogP contribution in [-0.4, -0.2) is 9.30 Å². The lowest BCUT2D eigenvalue weighted by Gasteiger charge is -2.27. The van der Waals surface area contributed by atoms with Gasteiger partial charge >= 0.3 is 0 Å². The average molecular weight is 318 g/mol. The molecule has 0 aliphatic rings. The molecule has 0 aliphatic heterocycles. The SMILES string of the molecule is Cc1cc(Br)ccc1[C@@H](C)N[S+]([O-])C(C)(C)C. The molecule has 0 radical (unpaired) electrons. The fourth-order valence-corrected chi connectivity index (χ4v) is 2.80. The first-order chi connectivity index (χ1) is 7.71. The van der Waals surface area contributed by atoms with E-state index in [9.17, 15) is 4.55 Å². The van der Waals surface area contributed by atoms with Crippen LogP contribution in [0.3, 0.4) is 0 Å². The van der Waals surface area contributed by atoms with Crippen molar-refractivity contribution in [3.8, 4) is 0 Å². The van der Waals surface area contributed by atoms with E-state index in [0.29, 0.717) is 0 Å². The maximum Gasteiger partial charge on any atom is 0.136 e. The fraction of sp³-hybridized carbons (Fsp3) is 0.538. The number of benzene rings is 1. The number of hydrogen-bond acceptors (Lipinski definition) is 2. The van der Waals surface area contributed by atoms with Crippen LogP contribution in [0.5, 0.6) is 0 Å². The van der Waals surface area contributed by atoms with Gasteiger partial charge in [0.2, 0.25) is 0 Å². The minimum absolute atomic E-state index is 0.0863. The van der Waals surface area contributed by atoms with Gasteiger partial charge < -0.3 is 4.55 Å². The fourth-order valence-electron chi connectivity index (χ4n) is 1.53. The average Bonchev–Trinajstić information content (AvgIpc) is 2.15. The van der Waals surface area contributed by atoms with E-state index in [4.69, 9.17) is 0 Å². The van der Waals surface area contributed by atoms with Crippen molar-refractivity contribution in [1.82, 2.24) is 4.72 Å². The van der Waals surface area contributed by atoms with E-state index < -0.39 is 11.4 Å². The molecule has 2 atom stereocenters. The maximum atomic E-state index is 12.0. The zero-order valence-corrected chi connectivity index (χ0v) is 13.4. The Morgan fingerprint density at radius 1 is 1.35 bits per heavy atom. The van der Waals surface area contributed by atoms with Gasteiger partial charge in [-0.1, -0.05) is 22.0 Å². The van der Waals surface area contributed by atoms with Crippen molar-refractivity contribution in [3.63, 3.8) is 0 Å². The Kier molecular flexibility index (Phi) is 5.07. The van der Waals surface area contributed by atoms with Crippen molar-refractivity contribution < 1.29 is 4.55 Å². The highest BCUT2D eigenvalue weighted by Gasteiger charge is 2.28. The molecule has 0 aromatic heterocycles. The summed E-state index contributed by atoms with van der Waals surface area (Å²) in [5.41, 5.74) is 2.39. The number of rotatable bonds is 3. The number of hydrogen-bond donors (Lipinski definition) is 1. The standard InChI is InChI=1S/C13H20BrNOS/c1-9-8-11(14)6-7-12(9)10(2)15-17(16)13(3,4)5/h6-8,10,15H,1-5H3/t10-,17?/m1/s1. The summed E-state index contributed by atoms with van der Waals surface area (Å²) in [5.74, 6) is 0. The van der Waals surface area contributed by atoms with E-state index in [0.717, 1.165) is 4.47 Å². The van der Waals surface area contributed by atoms with E-state index in [1.807, 2.05) is 33.8 Å². The predicted molar refractivity (Wildman–Crippen MR) is 78.3 cm³/mol. The van der Waals surface area contributed by atoms with Gasteiger partial charge in [0.15, 0.2) is 0 Å². The van der Waals surface area contributed by atoms with Crippen LogP contribution >= 0.6 is 15.9 Å². The smallest absolute Gasteiger partial charge is 0.136 e. The third-order valence-corrected chi connectivity index (χ3v) is 4.71. The van der Waals surface area contributed by atoms with E-state index in [1.54, 1.807) is 0 Å². The second kappa shape index (κ2) is 5.74. The van der Waals surface area contributed by atoms with Gasteiger partial charge in [0.1, 0.15) is 4.75 Å². The minimum atomic E-state index is -1.04. The molecule has 0 fully saturated rings. The molecular formula is C13H20BrNOS. The quantitative estimate of drug-likeness (QED) is 0.859. The van der Waals surface area contributed by atoms with Crippen LogP contribution in [0.2, 0.25) is 0 Å². The van der Waals surface area contributed by atoms with Crippen molar-refractivity contribution in [1.29, 1.82) is 0 Å². The molecule has 1 unspecified atom stereocenters. The first kappa shape index (κ1) is 15.0. The molecule has 0 aliphatic carbocycles. The van der Waals surface area contributed by atoms with Gasteiger partial charge in [0, 0.05) is 15.8 Å². The van der Waals surface area contributed by atoms with Gasteiger partial charge in [-0.3, -0.25) is 0 Å². The Bertz CT molecular complexity index is 389. The Morgan fingerprint density at radius 3 is 2.41 bits per heavy atom. The predicted octanol–water partition coefficient (Wildman–Crippen LogP) is 3.87. The summed E-state index contributed by atoms with van der Waals surface area (Å²) in [6, 6.07) is 6.24. The largest absolute Gasteiger partial charge is 0.598 e. The molecule has 0 saturated carbocycles. The normalized spacial score (nSPS) is 15.7. The highest BCUT2D eigenvalue weighted by Crippen LogP contribution is 2.24. The van der Waals surface area contributed by atoms with Gasteiger partial charge in [0.25, 0.3) is 0 Å². The van der Waals surface area contributed by atoms with Crippen LogP contribution in [0, 0.1) is 6.92 Å². The molecule has 0 bridgehead atoms. The molecule has 2 nitrogen and oxygen atoms in total. The monoisotopic (exact) mass is 317 g/mol. The van der Waals surface area contributed by atoms with Crippen LogP contribution in [0.15, 0.2) is 22.7 Å². The lowest BCUT2D eigenvalue weighted by atomic mass is 10.0. The van der Waals surface area contributed by atoms with E-state index >= 15 is 0 Å². The summed E-state index contributed by atoms with van der Waals surface area (Å²) in [4.78, 5) is 0. The number of nitrogens with one attached hydrogen (secondary N) is 1. The van der Waals surface area contributed by atoms with Crippen LogP contribution < -0.4 is 4.72 Å². The molecule has 0 amide bonds. The van der Waals surface area contributed by atoms with Crippen molar-refractivity contribution in [2.45, 2.75) is 45.4 Å². The second-order valence-corrected chi connectivity index (χ2v) is 8.14. The molecule has 4 heteroatoms. The maximum absolute atomic E-state index is 12.0. The highest BCUT2D eigenvalue weighted by molar-refractivity contribution is 9.10. The van der Waals surface area contributed by atoms with Crippen molar-refractivity contribution in [3.05, 3.63) is 33.8 Å². The molecule has 1 rings (SSSR count).